The van der Waals surface area contributed by atoms with E-state index in [0.29, 0.717) is 45.0 Å². The number of pyridine rings is 1. The molecule has 0 fully saturated rings. The summed E-state index contributed by atoms with van der Waals surface area (Å²) >= 11 is 0. The Balaban J connectivity index is 1.48. The molecule has 0 aliphatic rings. The quantitative estimate of drug-likeness (QED) is 0.220. The fourth-order valence-corrected chi connectivity index (χ4v) is 5.49. The number of nitrogens with zero attached hydrogens (tertiary/aromatic N) is 3. The number of anilines is 3. The second kappa shape index (κ2) is 11.5. The van der Waals surface area contributed by atoms with Crippen LogP contribution in [0.3, 0.4) is 0 Å². The number of amides is 1. The van der Waals surface area contributed by atoms with E-state index < -0.39 is 15.9 Å². The van der Waals surface area contributed by atoms with Gasteiger partial charge in [-0.25, -0.2) is 13.4 Å². The molecular weight excluding hydrogens is 544 g/mol. The molecule has 0 spiro atoms. The van der Waals surface area contributed by atoms with Crippen LogP contribution in [-0.4, -0.2) is 43.5 Å². The standard InChI is InChI=1S/C29H26N6O5S/c1-39-28-23(15-32-29(34-28)40-2)19-11-12-22-25(13-19)31-16-24(27(30)36)26(22)33-20-9-6-10-21(14-20)35-41(37,38)17-18-7-4-3-5-8-18/h3-16,35H,17H2,1-2H3,(H2,30,36)(H,31,33). The van der Waals surface area contributed by atoms with Crippen molar-refractivity contribution in [3.05, 3.63) is 96.3 Å². The maximum atomic E-state index is 12.8. The SMILES string of the molecule is COc1ncc(-c2ccc3c(Nc4cccc(NS(=O)(=O)Cc5ccccc5)c4)c(C(N)=O)cnc3c2)c(OC)n1. The van der Waals surface area contributed by atoms with Crippen LogP contribution in [0.5, 0.6) is 11.9 Å². The van der Waals surface area contributed by atoms with E-state index in [1.54, 1.807) is 60.8 Å². The molecule has 11 nitrogen and oxygen atoms in total. The number of carbonyl (C=O) groups is 1. The number of fused-ring (bicyclic) bond motifs is 1. The van der Waals surface area contributed by atoms with E-state index in [2.05, 4.69) is 25.0 Å². The normalized spacial score (nSPS) is 11.2. The first kappa shape index (κ1) is 27.3. The molecule has 0 bridgehead atoms. The molecule has 5 rings (SSSR count). The lowest BCUT2D eigenvalue weighted by Gasteiger charge is -2.15. The van der Waals surface area contributed by atoms with Crippen molar-refractivity contribution in [3.63, 3.8) is 0 Å². The van der Waals surface area contributed by atoms with E-state index in [0.717, 1.165) is 5.56 Å². The Morgan fingerprint density at radius 2 is 1.68 bits per heavy atom. The summed E-state index contributed by atoms with van der Waals surface area (Å²) in [4.78, 5) is 25.2. The highest BCUT2D eigenvalue weighted by atomic mass is 32.2. The van der Waals surface area contributed by atoms with Gasteiger partial charge in [-0.3, -0.25) is 14.5 Å². The maximum Gasteiger partial charge on any atom is 0.319 e. The number of nitrogens with one attached hydrogen (secondary N) is 2. The average molecular weight is 571 g/mol. The zero-order valence-corrected chi connectivity index (χ0v) is 23.0. The first-order chi connectivity index (χ1) is 19.8. The Hall–Kier alpha value is -5.23. The molecule has 5 aromatic rings. The molecular formula is C29H26N6O5S. The molecule has 2 heterocycles. The van der Waals surface area contributed by atoms with Crippen LogP contribution >= 0.6 is 0 Å². The number of benzene rings is 3. The van der Waals surface area contributed by atoms with E-state index in [1.165, 1.54) is 20.4 Å². The molecule has 1 amide bonds. The molecule has 0 unspecified atom stereocenters. The van der Waals surface area contributed by atoms with Crippen LogP contribution in [0, 0.1) is 0 Å². The number of methoxy groups -OCH3 is 2. The van der Waals surface area contributed by atoms with Crippen molar-refractivity contribution in [3.8, 4) is 23.0 Å². The van der Waals surface area contributed by atoms with E-state index in [4.69, 9.17) is 15.2 Å². The van der Waals surface area contributed by atoms with Crippen LogP contribution in [0.2, 0.25) is 0 Å². The zero-order valence-electron chi connectivity index (χ0n) is 22.2. The number of ether oxygens (including phenoxy) is 2. The Bertz CT molecular complexity index is 1850. The van der Waals surface area contributed by atoms with Crippen molar-refractivity contribution >= 4 is 43.9 Å². The lowest BCUT2D eigenvalue weighted by atomic mass is 10.0. The second-order valence-electron chi connectivity index (χ2n) is 8.98. The third kappa shape index (κ3) is 6.17. The number of carbonyl (C=O) groups excluding carboxylic acids is 1. The third-order valence-electron chi connectivity index (χ3n) is 6.16. The van der Waals surface area contributed by atoms with Crippen molar-refractivity contribution in [1.82, 2.24) is 15.0 Å². The van der Waals surface area contributed by atoms with E-state index >= 15 is 0 Å². The topological polar surface area (TPSA) is 158 Å². The van der Waals surface area contributed by atoms with Gasteiger partial charge >= 0.3 is 6.01 Å². The Morgan fingerprint density at radius 1 is 0.902 bits per heavy atom. The van der Waals surface area contributed by atoms with Crippen molar-refractivity contribution in [2.24, 2.45) is 5.73 Å². The summed E-state index contributed by atoms with van der Waals surface area (Å²) in [6.07, 6.45) is 2.98. The number of rotatable bonds is 10. The molecule has 0 radical (unpaired) electrons. The summed E-state index contributed by atoms with van der Waals surface area (Å²) < 4.78 is 38.6. The summed E-state index contributed by atoms with van der Waals surface area (Å²) in [5, 5.41) is 3.85. The fraction of sp³-hybridized carbons (Fsp3) is 0.103. The molecule has 0 aliphatic carbocycles. The molecule has 12 heteroatoms. The van der Waals surface area contributed by atoms with Gasteiger partial charge in [-0.15, -0.1) is 0 Å². The highest BCUT2D eigenvalue weighted by molar-refractivity contribution is 7.91. The van der Waals surface area contributed by atoms with Gasteiger partial charge in [0.25, 0.3) is 5.91 Å². The zero-order chi connectivity index (χ0) is 29.0. The number of hydrogen-bond acceptors (Lipinski definition) is 9. The minimum atomic E-state index is -3.67. The van der Waals surface area contributed by atoms with Gasteiger partial charge in [0.15, 0.2) is 0 Å². The highest BCUT2D eigenvalue weighted by Crippen LogP contribution is 2.35. The second-order valence-corrected chi connectivity index (χ2v) is 10.7. The van der Waals surface area contributed by atoms with Crippen molar-refractivity contribution < 1.29 is 22.7 Å². The van der Waals surface area contributed by atoms with Crippen LogP contribution in [0.25, 0.3) is 22.0 Å². The van der Waals surface area contributed by atoms with Gasteiger partial charge in [0.2, 0.25) is 15.9 Å². The minimum Gasteiger partial charge on any atom is -0.480 e. The van der Waals surface area contributed by atoms with Crippen LogP contribution in [0.15, 0.2) is 85.2 Å². The first-order valence-corrected chi connectivity index (χ1v) is 14.0. The van der Waals surface area contributed by atoms with Gasteiger partial charge in [-0.1, -0.05) is 48.5 Å². The number of sulfonamides is 1. The third-order valence-corrected chi connectivity index (χ3v) is 7.42. The predicted octanol–water partition coefficient (Wildman–Crippen LogP) is 4.49. The summed E-state index contributed by atoms with van der Waals surface area (Å²) in [5.74, 6) is -0.510. The number of hydrogen-bond donors (Lipinski definition) is 3. The Labute approximate surface area is 236 Å². The summed E-state index contributed by atoms with van der Waals surface area (Å²) in [5.41, 5.74) is 9.76. The number of aromatic nitrogens is 3. The smallest absolute Gasteiger partial charge is 0.319 e. The lowest BCUT2D eigenvalue weighted by molar-refractivity contribution is 0.100. The van der Waals surface area contributed by atoms with Crippen LogP contribution in [-0.2, 0) is 15.8 Å². The van der Waals surface area contributed by atoms with Crippen LogP contribution in [0.4, 0.5) is 17.1 Å². The van der Waals surface area contributed by atoms with Crippen LogP contribution < -0.4 is 25.2 Å². The Kier molecular flexibility index (Phi) is 7.66. The van der Waals surface area contributed by atoms with Crippen molar-refractivity contribution in [1.29, 1.82) is 0 Å². The number of primary amides is 1. The van der Waals surface area contributed by atoms with Gasteiger partial charge in [0.1, 0.15) is 0 Å². The van der Waals surface area contributed by atoms with Gasteiger partial charge in [0, 0.05) is 23.5 Å². The van der Waals surface area contributed by atoms with Crippen LogP contribution in [0.1, 0.15) is 15.9 Å². The Morgan fingerprint density at radius 3 is 2.41 bits per heavy atom. The number of nitrogens with two attached hydrogens (primary N) is 1. The molecule has 41 heavy (non-hydrogen) atoms. The molecule has 0 saturated carbocycles. The van der Waals surface area contributed by atoms with Gasteiger partial charge < -0.3 is 20.5 Å². The highest BCUT2D eigenvalue weighted by Gasteiger charge is 2.17. The molecule has 0 atom stereocenters. The first-order valence-electron chi connectivity index (χ1n) is 12.4. The minimum absolute atomic E-state index is 0.168. The predicted molar refractivity (Wildman–Crippen MR) is 157 cm³/mol. The van der Waals surface area contributed by atoms with Crippen molar-refractivity contribution in [2.45, 2.75) is 5.75 Å². The van der Waals surface area contributed by atoms with E-state index in [9.17, 15) is 13.2 Å². The van der Waals surface area contributed by atoms with Gasteiger partial charge in [-0.2, -0.15) is 4.98 Å². The molecule has 4 N–H and O–H groups in total. The largest absolute Gasteiger partial charge is 0.480 e. The summed E-state index contributed by atoms with van der Waals surface area (Å²) in [6.45, 7) is 0. The molecule has 2 aromatic heterocycles. The van der Waals surface area contributed by atoms with Gasteiger partial charge in [-0.05, 0) is 35.4 Å². The monoisotopic (exact) mass is 570 g/mol. The van der Waals surface area contributed by atoms with E-state index in [-0.39, 0.29) is 17.3 Å². The average Bonchev–Trinajstić information content (AvgIpc) is 2.96. The van der Waals surface area contributed by atoms with Gasteiger partial charge in [0.05, 0.1) is 48.0 Å². The van der Waals surface area contributed by atoms with Crippen molar-refractivity contribution in [2.75, 3.05) is 24.3 Å². The lowest BCUT2D eigenvalue weighted by Crippen LogP contribution is -2.15. The molecule has 3 aromatic carbocycles. The fourth-order valence-electron chi connectivity index (χ4n) is 4.30. The summed E-state index contributed by atoms with van der Waals surface area (Å²) in [7, 11) is -0.697. The molecule has 0 aliphatic heterocycles. The summed E-state index contributed by atoms with van der Waals surface area (Å²) in [6, 6.07) is 21.2. The molecule has 0 saturated heterocycles. The van der Waals surface area contributed by atoms with E-state index in [1.807, 2.05) is 18.2 Å². The molecule has 208 valence electrons. The maximum absolute atomic E-state index is 12.8.